The van der Waals surface area contributed by atoms with Crippen molar-refractivity contribution in [2.45, 2.75) is 19.0 Å². The molecule has 2 N–H and O–H groups in total. The molecule has 1 fully saturated rings. The number of likely N-dealkylation sites (N-methyl/N-ethyl adjacent to an activating group) is 1. The number of hydrogen-bond acceptors (Lipinski definition) is 5. The average Bonchev–Trinajstić information content (AvgIpc) is 3.24. The van der Waals surface area contributed by atoms with Crippen LogP contribution >= 0.6 is 0 Å². The second kappa shape index (κ2) is 6.24. The van der Waals surface area contributed by atoms with Crippen molar-refractivity contribution in [3.63, 3.8) is 0 Å². The van der Waals surface area contributed by atoms with Gasteiger partial charge in [0.05, 0.1) is 0 Å². The SMILES string of the molecule is CN(Cc1ccc2c(c1)OCO2)C1CCN(c2ccc(N)cc2)C1. The third kappa shape index (κ3) is 2.99. The molecule has 24 heavy (non-hydrogen) atoms. The number of fused-ring (bicyclic) bond motifs is 1. The molecule has 2 heterocycles. The molecule has 0 radical (unpaired) electrons. The van der Waals surface area contributed by atoms with Gasteiger partial charge in [-0.15, -0.1) is 0 Å². The monoisotopic (exact) mass is 325 g/mol. The molecule has 2 aromatic rings. The van der Waals surface area contributed by atoms with E-state index in [1.54, 1.807) is 0 Å². The lowest BCUT2D eigenvalue weighted by molar-refractivity contribution is 0.174. The highest BCUT2D eigenvalue weighted by atomic mass is 16.7. The predicted molar refractivity (Wildman–Crippen MR) is 95.5 cm³/mol. The molecule has 4 rings (SSSR count). The van der Waals surface area contributed by atoms with E-state index in [2.05, 4.69) is 41.1 Å². The summed E-state index contributed by atoms with van der Waals surface area (Å²) in [6, 6.07) is 14.9. The lowest BCUT2D eigenvalue weighted by Gasteiger charge is -2.25. The summed E-state index contributed by atoms with van der Waals surface area (Å²) >= 11 is 0. The van der Waals surface area contributed by atoms with Crippen LogP contribution in [0.2, 0.25) is 0 Å². The molecule has 126 valence electrons. The lowest BCUT2D eigenvalue weighted by Crippen LogP contribution is -2.34. The Morgan fingerprint density at radius 2 is 1.92 bits per heavy atom. The minimum Gasteiger partial charge on any atom is -0.454 e. The minimum atomic E-state index is 0.327. The van der Waals surface area contributed by atoms with E-state index in [1.165, 1.54) is 17.7 Å². The molecule has 2 aromatic carbocycles. The summed E-state index contributed by atoms with van der Waals surface area (Å²) in [5, 5.41) is 0. The van der Waals surface area contributed by atoms with Crippen LogP contribution in [0, 0.1) is 0 Å². The van der Waals surface area contributed by atoms with Gasteiger partial charge < -0.3 is 20.1 Å². The summed E-state index contributed by atoms with van der Waals surface area (Å²) in [6.45, 7) is 3.37. The molecule has 0 spiro atoms. The smallest absolute Gasteiger partial charge is 0.231 e. The first-order chi connectivity index (χ1) is 11.7. The minimum absolute atomic E-state index is 0.327. The molecular weight excluding hydrogens is 302 g/mol. The highest BCUT2D eigenvalue weighted by Gasteiger charge is 2.26. The number of rotatable bonds is 4. The molecule has 2 aliphatic rings. The normalized spacial score (nSPS) is 19.2. The third-order valence-corrected chi connectivity index (χ3v) is 4.91. The number of anilines is 2. The number of nitrogens with two attached hydrogens (primary N) is 1. The summed E-state index contributed by atoms with van der Waals surface area (Å²) in [7, 11) is 2.20. The number of ether oxygens (including phenoxy) is 2. The van der Waals surface area contributed by atoms with E-state index in [1.807, 2.05) is 18.2 Å². The Balaban J connectivity index is 1.38. The van der Waals surface area contributed by atoms with Crippen LogP contribution < -0.4 is 20.1 Å². The number of hydrogen-bond donors (Lipinski definition) is 1. The van der Waals surface area contributed by atoms with Crippen molar-refractivity contribution in [1.29, 1.82) is 0 Å². The van der Waals surface area contributed by atoms with E-state index < -0.39 is 0 Å². The largest absolute Gasteiger partial charge is 0.454 e. The van der Waals surface area contributed by atoms with Crippen LogP contribution in [0.3, 0.4) is 0 Å². The van der Waals surface area contributed by atoms with Gasteiger partial charge in [-0.2, -0.15) is 0 Å². The van der Waals surface area contributed by atoms with Gasteiger partial charge >= 0.3 is 0 Å². The zero-order valence-corrected chi connectivity index (χ0v) is 13.9. The first-order valence-corrected chi connectivity index (χ1v) is 8.38. The average molecular weight is 325 g/mol. The molecule has 0 aliphatic carbocycles. The second-order valence-electron chi connectivity index (χ2n) is 6.58. The Morgan fingerprint density at radius 1 is 1.12 bits per heavy atom. The van der Waals surface area contributed by atoms with E-state index in [9.17, 15) is 0 Å². The quantitative estimate of drug-likeness (QED) is 0.876. The molecule has 0 amide bonds. The molecule has 5 heteroatoms. The Labute approximate surface area is 142 Å². The van der Waals surface area contributed by atoms with Crippen LogP contribution in [0.25, 0.3) is 0 Å². The van der Waals surface area contributed by atoms with Gasteiger partial charge in [-0.25, -0.2) is 0 Å². The molecule has 2 aliphatic heterocycles. The number of nitrogen functional groups attached to an aromatic ring is 1. The molecule has 0 saturated carbocycles. The summed E-state index contributed by atoms with van der Waals surface area (Å²) < 4.78 is 10.8. The molecule has 0 aromatic heterocycles. The van der Waals surface area contributed by atoms with Gasteiger partial charge in [0.2, 0.25) is 6.79 Å². The predicted octanol–water partition coefficient (Wildman–Crippen LogP) is 2.71. The maximum absolute atomic E-state index is 5.78. The van der Waals surface area contributed by atoms with Crippen molar-refractivity contribution < 1.29 is 9.47 Å². The van der Waals surface area contributed by atoms with Gasteiger partial charge in [0.25, 0.3) is 0 Å². The Kier molecular flexibility index (Phi) is 3.94. The van der Waals surface area contributed by atoms with Crippen molar-refractivity contribution in [2.24, 2.45) is 0 Å². The maximum Gasteiger partial charge on any atom is 0.231 e. The number of benzene rings is 2. The first kappa shape index (κ1) is 15.1. The van der Waals surface area contributed by atoms with Crippen LogP contribution in [-0.2, 0) is 6.54 Å². The van der Waals surface area contributed by atoms with Crippen LogP contribution in [0.1, 0.15) is 12.0 Å². The molecule has 1 saturated heterocycles. The fourth-order valence-corrected chi connectivity index (χ4v) is 3.48. The summed E-state index contributed by atoms with van der Waals surface area (Å²) in [6.07, 6.45) is 1.17. The fraction of sp³-hybridized carbons (Fsp3) is 0.368. The number of nitrogens with zero attached hydrogens (tertiary/aromatic N) is 2. The van der Waals surface area contributed by atoms with Crippen LogP contribution in [0.15, 0.2) is 42.5 Å². The van der Waals surface area contributed by atoms with Crippen molar-refractivity contribution in [2.75, 3.05) is 37.6 Å². The Morgan fingerprint density at radius 3 is 2.75 bits per heavy atom. The second-order valence-corrected chi connectivity index (χ2v) is 6.58. The molecule has 1 atom stereocenters. The zero-order valence-electron chi connectivity index (χ0n) is 13.9. The van der Waals surface area contributed by atoms with Gasteiger partial charge in [-0.05, 0) is 55.4 Å². The van der Waals surface area contributed by atoms with Crippen molar-refractivity contribution in [3.05, 3.63) is 48.0 Å². The van der Waals surface area contributed by atoms with E-state index in [4.69, 9.17) is 15.2 Å². The summed E-state index contributed by atoms with van der Waals surface area (Å²) in [5.74, 6) is 1.70. The Hall–Kier alpha value is -2.40. The standard InChI is InChI=1S/C19H23N3O2/c1-21(11-14-2-7-18-19(10-14)24-13-23-18)17-8-9-22(12-17)16-5-3-15(20)4-6-16/h2-7,10,17H,8-9,11-13,20H2,1H3. The maximum atomic E-state index is 5.78. The van der Waals surface area contributed by atoms with Crippen molar-refractivity contribution in [3.8, 4) is 11.5 Å². The Bertz CT molecular complexity index is 717. The molecular formula is C19H23N3O2. The van der Waals surface area contributed by atoms with Crippen LogP contribution in [0.5, 0.6) is 11.5 Å². The highest BCUT2D eigenvalue weighted by molar-refractivity contribution is 5.53. The summed E-state index contributed by atoms with van der Waals surface area (Å²) in [4.78, 5) is 4.86. The summed E-state index contributed by atoms with van der Waals surface area (Å²) in [5.41, 5.74) is 9.10. The van der Waals surface area contributed by atoms with Crippen molar-refractivity contribution in [1.82, 2.24) is 4.90 Å². The van der Waals surface area contributed by atoms with Gasteiger partial charge in [-0.1, -0.05) is 6.07 Å². The van der Waals surface area contributed by atoms with E-state index >= 15 is 0 Å². The van der Waals surface area contributed by atoms with E-state index in [0.29, 0.717) is 12.8 Å². The van der Waals surface area contributed by atoms with Gasteiger partial charge in [0.1, 0.15) is 0 Å². The van der Waals surface area contributed by atoms with E-state index in [-0.39, 0.29) is 0 Å². The zero-order chi connectivity index (χ0) is 16.5. The van der Waals surface area contributed by atoms with Gasteiger partial charge in [0, 0.05) is 37.1 Å². The third-order valence-electron chi connectivity index (χ3n) is 4.91. The van der Waals surface area contributed by atoms with E-state index in [0.717, 1.165) is 36.8 Å². The van der Waals surface area contributed by atoms with Crippen LogP contribution in [-0.4, -0.2) is 37.9 Å². The highest BCUT2D eigenvalue weighted by Crippen LogP contribution is 2.33. The van der Waals surface area contributed by atoms with Gasteiger partial charge in [0.15, 0.2) is 11.5 Å². The van der Waals surface area contributed by atoms with Crippen molar-refractivity contribution >= 4 is 11.4 Å². The van der Waals surface area contributed by atoms with Crippen LogP contribution in [0.4, 0.5) is 11.4 Å². The first-order valence-electron chi connectivity index (χ1n) is 8.38. The fourth-order valence-electron chi connectivity index (χ4n) is 3.48. The topological polar surface area (TPSA) is 51.0 Å². The van der Waals surface area contributed by atoms with Gasteiger partial charge in [-0.3, -0.25) is 4.90 Å². The molecule has 0 bridgehead atoms. The molecule has 1 unspecified atom stereocenters. The molecule has 5 nitrogen and oxygen atoms in total. The lowest BCUT2D eigenvalue weighted by atomic mass is 10.1.